The molecule has 1 unspecified atom stereocenters. The van der Waals surface area contributed by atoms with Gasteiger partial charge in [0, 0.05) is 20.8 Å². The standard InChI is InChI=1S/C9H19N5O2/c1-8(16-3)7-14-9(11-12-13-14)6-10-4-5-15-2/h8,10H,4-7H2,1-3H3. The topological polar surface area (TPSA) is 74.1 Å². The van der Waals surface area contributed by atoms with Gasteiger partial charge in [0.25, 0.3) is 0 Å². The van der Waals surface area contributed by atoms with Gasteiger partial charge < -0.3 is 14.8 Å². The van der Waals surface area contributed by atoms with Crippen molar-refractivity contribution in [2.24, 2.45) is 0 Å². The Hall–Kier alpha value is -1.05. The van der Waals surface area contributed by atoms with Crippen LogP contribution >= 0.6 is 0 Å². The van der Waals surface area contributed by atoms with Gasteiger partial charge in [-0.3, -0.25) is 0 Å². The first-order valence-electron chi connectivity index (χ1n) is 5.25. The molecule has 1 aromatic rings. The summed E-state index contributed by atoms with van der Waals surface area (Å²) in [6.45, 7) is 4.72. The Morgan fingerprint density at radius 2 is 2.25 bits per heavy atom. The average Bonchev–Trinajstić information content (AvgIpc) is 2.72. The molecule has 0 saturated heterocycles. The van der Waals surface area contributed by atoms with E-state index < -0.39 is 0 Å². The van der Waals surface area contributed by atoms with Gasteiger partial charge in [-0.15, -0.1) is 5.10 Å². The molecule has 0 aliphatic carbocycles. The van der Waals surface area contributed by atoms with Gasteiger partial charge in [-0.2, -0.15) is 0 Å². The highest BCUT2D eigenvalue weighted by atomic mass is 16.5. The van der Waals surface area contributed by atoms with Gasteiger partial charge in [0.2, 0.25) is 0 Å². The molecule has 16 heavy (non-hydrogen) atoms. The molecule has 1 aromatic heterocycles. The van der Waals surface area contributed by atoms with E-state index in [1.165, 1.54) is 0 Å². The largest absolute Gasteiger partial charge is 0.383 e. The first kappa shape index (κ1) is 13.0. The van der Waals surface area contributed by atoms with Crippen LogP contribution in [0.4, 0.5) is 0 Å². The van der Waals surface area contributed by atoms with E-state index in [-0.39, 0.29) is 6.10 Å². The molecule has 0 aromatic carbocycles. The predicted octanol–water partition coefficient (Wildman–Crippen LogP) is -0.556. The van der Waals surface area contributed by atoms with Crippen molar-refractivity contribution in [1.29, 1.82) is 0 Å². The summed E-state index contributed by atoms with van der Waals surface area (Å²) in [7, 11) is 3.34. The maximum atomic E-state index is 5.16. The smallest absolute Gasteiger partial charge is 0.165 e. The maximum absolute atomic E-state index is 5.16. The minimum absolute atomic E-state index is 0.0984. The molecule has 0 amide bonds. The molecule has 1 N–H and O–H groups in total. The molecule has 0 aliphatic heterocycles. The molecule has 0 bridgehead atoms. The molecule has 7 nitrogen and oxygen atoms in total. The Bertz CT molecular complexity index is 291. The zero-order valence-electron chi connectivity index (χ0n) is 10.0. The van der Waals surface area contributed by atoms with E-state index in [1.54, 1.807) is 18.9 Å². The number of ether oxygens (including phenoxy) is 2. The minimum Gasteiger partial charge on any atom is -0.383 e. The van der Waals surface area contributed by atoms with E-state index in [4.69, 9.17) is 9.47 Å². The number of tetrazole rings is 1. The highest BCUT2D eigenvalue weighted by Crippen LogP contribution is 1.97. The molecule has 0 aliphatic rings. The van der Waals surface area contributed by atoms with Crippen molar-refractivity contribution in [2.75, 3.05) is 27.4 Å². The highest BCUT2D eigenvalue weighted by molar-refractivity contribution is 4.80. The van der Waals surface area contributed by atoms with E-state index in [0.29, 0.717) is 19.7 Å². The second kappa shape index (κ2) is 7.26. The second-order valence-electron chi connectivity index (χ2n) is 3.49. The van der Waals surface area contributed by atoms with Crippen LogP contribution in [0.2, 0.25) is 0 Å². The molecule has 1 heterocycles. The van der Waals surface area contributed by atoms with Crippen molar-refractivity contribution in [3.8, 4) is 0 Å². The Kier molecular flexibility index (Phi) is 5.91. The Morgan fingerprint density at radius 3 is 2.94 bits per heavy atom. The lowest BCUT2D eigenvalue weighted by Gasteiger charge is -2.10. The fraction of sp³-hybridized carbons (Fsp3) is 0.889. The highest BCUT2D eigenvalue weighted by Gasteiger charge is 2.08. The van der Waals surface area contributed by atoms with Gasteiger partial charge in [0.1, 0.15) is 0 Å². The number of hydrogen-bond acceptors (Lipinski definition) is 6. The third kappa shape index (κ3) is 4.21. The van der Waals surface area contributed by atoms with Gasteiger partial charge in [-0.25, -0.2) is 4.68 Å². The normalized spacial score (nSPS) is 12.9. The zero-order chi connectivity index (χ0) is 11.8. The monoisotopic (exact) mass is 229 g/mol. The first-order chi connectivity index (χ1) is 7.77. The zero-order valence-corrected chi connectivity index (χ0v) is 10.0. The minimum atomic E-state index is 0.0984. The summed E-state index contributed by atoms with van der Waals surface area (Å²) >= 11 is 0. The SMILES string of the molecule is COCCNCc1nnnn1CC(C)OC. The number of hydrogen-bond donors (Lipinski definition) is 1. The summed E-state index contributed by atoms with van der Waals surface area (Å²) in [5, 5.41) is 14.7. The van der Waals surface area contributed by atoms with Crippen molar-refractivity contribution < 1.29 is 9.47 Å². The van der Waals surface area contributed by atoms with E-state index in [2.05, 4.69) is 20.8 Å². The first-order valence-corrected chi connectivity index (χ1v) is 5.25. The lowest BCUT2D eigenvalue weighted by atomic mass is 10.4. The van der Waals surface area contributed by atoms with Gasteiger partial charge in [0.05, 0.1) is 25.8 Å². The lowest BCUT2D eigenvalue weighted by Crippen LogP contribution is -2.24. The van der Waals surface area contributed by atoms with Crippen LogP contribution in [0.3, 0.4) is 0 Å². The van der Waals surface area contributed by atoms with Crippen LogP contribution in [0.1, 0.15) is 12.7 Å². The number of nitrogens with zero attached hydrogens (tertiary/aromatic N) is 4. The van der Waals surface area contributed by atoms with Gasteiger partial charge >= 0.3 is 0 Å². The molecular formula is C9H19N5O2. The number of aromatic nitrogens is 4. The average molecular weight is 229 g/mol. The van der Waals surface area contributed by atoms with Crippen LogP contribution < -0.4 is 5.32 Å². The van der Waals surface area contributed by atoms with E-state index >= 15 is 0 Å². The molecule has 7 heteroatoms. The van der Waals surface area contributed by atoms with Crippen molar-refractivity contribution in [2.45, 2.75) is 26.1 Å². The molecule has 1 rings (SSSR count). The summed E-state index contributed by atoms with van der Waals surface area (Å²) in [5.41, 5.74) is 0. The van der Waals surface area contributed by atoms with Crippen LogP contribution in [0.25, 0.3) is 0 Å². The van der Waals surface area contributed by atoms with Gasteiger partial charge in [0.15, 0.2) is 5.82 Å². The Labute approximate surface area is 95.1 Å². The van der Waals surface area contributed by atoms with E-state index in [1.807, 2.05) is 6.92 Å². The Balaban J connectivity index is 2.38. The predicted molar refractivity (Wildman–Crippen MR) is 57.9 cm³/mol. The molecule has 0 fully saturated rings. The summed E-state index contributed by atoms with van der Waals surface area (Å²) in [6.07, 6.45) is 0.0984. The van der Waals surface area contributed by atoms with Crippen LogP contribution in [0.15, 0.2) is 0 Å². The van der Waals surface area contributed by atoms with E-state index in [0.717, 1.165) is 12.4 Å². The van der Waals surface area contributed by atoms with E-state index in [9.17, 15) is 0 Å². The van der Waals surface area contributed by atoms with Crippen molar-refractivity contribution in [1.82, 2.24) is 25.5 Å². The van der Waals surface area contributed by atoms with Crippen molar-refractivity contribution in [3.05, 3.63) is 5.82 Å². The Morgan fingerprint density at radius 1 is 1.44 bits per heavy atom. The van der Waals surface area contributed by atoms with Crippen LogP contribution in [-0.4, -0.2) is 53.7 Å². The van der Waals surface area contributed by atoms with Gasteiger partial charge in [-0.05, 0) is 17.4 Å². The van der Waals surface area contributed by atoms with Gasteiger partial charge in [-0.1, -0.05) is 0 Å². The van der Waals surface area contributed by atoms with Crippen LogP contribution in [0, 0.1) is 0 Å². The molecule has 0 radical (unpaired) electrons. The number of rotatable bonds is 8. The maximum Gasteiger partial charge on any atom is 0.165 e. The molecule has 0 saturated carbocycles. The fourth-order valence-corrected chi connectivity index (χ4v) is 1.18. The number of methoxy groups -OCH3 is 2. The molecule has 1 atom stereocenters. The second-order valence-corrected chi connectivity index (χ2v) is 3.49. The third-order valence-corrected chi connectivity index (χ3v) is 2.20. The van der Waals surface area contributed by atoms with Crippen LogP contribution in [-0.2, 0) is 22.6 Å². The summed E-state index contributed by atoms with van der Waals surface area (Å²) < 4.78 is 11.8. The molecular weight excluding hydrogens is 210 g/mol. The quantitative estimate of drug-likeness (QED) is 0.603. The summed E-state index contributed by atoms with van der Waals surface area (Å²) in [5.74, 6) is 0.806. The molecule has 0 spiro atoms. The fourth-order valence-electron chi connectivity index (χ4n) is 1.18. The summed E-state index contributed by atoms with van der Waals surface area (Å²) in [6, 6.07) is 0. The van der Waals surface area contributed by atoms with Crippen LogP contribution in [0.5, 0.6) is 0 Å². The molecule has 92 valence electrons. The van der Waals surface area contributed by atoms with Crippen molar-refractivity contribution >= 4 is 0 Å². The van der Waals surface area contributed by atoms with Crippen molar-refractivity contribution in [3.63, 3.8) is 0 Å². The number of nitrogens with one attached hydrogen (secondary N) is 1. The summed E-state index contributed by atoms with van der Waals surface area (Å²) in [4.78, 5) is 0. The lowest BCUT2D eigenvalue weighted by molar-refractivity contribution is 0.0982. The third-order valence-electron chi connectivity index (χ3n) is 2.20.